The maximum atomic E-state index is 13.0. The number of carbonyl (C=O) groups is 1. The zero-order chi connectivity index (χ0) is 18.1. The van der Waals surface area contributed by atoms with E-state index in [9.17, 15) is 9.90 Å². The monoisotopic (exact) mass is 402 g/mol. The summed E-state index contributed by atoms with van der Waals surface area (Å²) >= 11 is 3.47. The lowest BCUT2D eigenvalue weighted by Gasteiger charge is -2.34. The van der Waals surface area contributed by atoms with Crippen molar-refractivity contribution in [3.8, 4) is 5.75 Å². The first-order valence-corrected chi connectivity index (χ1v) is 9.29. The summed E-state index contributed by atoms with van der Waals surface area (Å²) in [6.07, 6.45) is 1.41. The van der Waals surface area contributed by atoms with E-state index in [-0.39, 0.29) is 11.7 Å². The van der Waals surface area contributed by atoms with Crippen LogP contribution in [0.3, 0.4) is 0 Å². The molecule has 1 heterocycles. The standard InChI is InChI=1S/C20H23BrN2O2/c1-12-7-14-5-3-4-6-19(14)23(11-12)20(25)18(22)10-16-13(2)8-15(24)9-17(16)21/h3-6,8-9,12,18,24H,7,10-11,22H2,1-2H3/t12?,18-/m0/s1. The molecule has 3 N–H and O–H groups in total. The van der Waals surface area contributed by atoms with Crippen molar-refractivity contribution in [2.45, 2.75) is 32.7 Å². The van der Waals surface area contributed by atoms with E-state index in [0.717, 1.165) is 27.7 Å². The van der Waals surface area contributed by atoms with Crippen LogP contribution in [-0.2, 0) is 17.6 Å². The molecule has 132 valence electrons. The predicted octanol–water partition coefficient (Wildman–Crippen LogP) is 3.56. The Morgan fingerprint density at radius 1 is 1.40 bits per heavy atom. The van der Waals surface area contributed by atoms with Gasteiger partial charge in [0.2, 0.25) is 5.91 Å². The predicted molar refractivity (Wildman–Crippen MR) is 104 cm³/mol. The van der Waals surface area contributed by atoms with E-state index in [4.69, 9.17) is 5.73 Å². The van der Waals surface area contributed by atoms with Crippen LogP contribution in [0.1, 0.15) is 23.6 Å². The summed E-state index contributed by atoms with van der Waals surface area (Å²) in [6.45, 7) is 4.76. The number of hydrogen-bond acceptors (Lipinski definition) is 3. The molecule has 1 aliphatic rings. The molecule has 0 saturated carbocycles. The maximum Gasteiger partial charge on any atom is 0.244 e. The third kappa shape index (κ3) is 3.72. The molecular weight excluding hydrogens is 380 g/mol. The minimum atomic E-state index is -0.627. The fraction of sp³-hybridized carbons (Fsp3) is 0.350. The molecule has 0 aliphatic carbocycles. The molecule has 0 radical (unpaired) electrons. The van der Waals surface area contributed by atoms with Crippen LogP contribution in [0.15, 0.2) is 40.9 Å². The number of fused-ring (bicyclic) bond motifs is 1. The molecule has 5 heteroatoms. The van der Waals surface area contributed by atoms with Gasteiger partial charge in [0.15, 0.2) is 0 Å². The molecule has 0 aromatic heterocycles. The van der Waals surface area contributed by atoms with E-state index in [1.807, 2.05) is 30.0 Å². The van der Waals surface area contributed by atoms with Gasteiger partial charge in [-0.25, -0.2) is 0 Å². The van der Waals surface area contributed by atoms with Crippen LogP contribution in [0, 0.1) is 12.8 Å². The van der Waals surface area contributed by atoms with Crippen LogP contribution in [0.5, 0.6) is 5.75 Å². The first kappa shape index (κ1) is 18.0. The molecule has 4 nitrogen and oxygen atoms in total. The molecule has 0 saturated heterocycles. The summed E-state index contributed by atoms with van der Waals surface area (Å²) < 4.78 is 0.778. The minimum absolute atomic E-state index is 0.0571. The largest absolute Gasteiger partial charge is 0.508 e. The van der Waals surface area contributed by atoms with E-state index in [2.05, 4.69) is 28.9 Å². The van der Waals surface area contributed by atoms with Gasteiger partial charge in [-0.2, -0.15) is 0 Å². The van der Waals surface area contributed by atoms with Crippen LogP contribution in [0.25, 0.3) is 0 Å². The van der Waals surface area contributed by atoms with Crippen molar-refractivity contribution < 1.29 is 9.90 Å². The number of carbonyl (C=O) groups excluding carboxylic acids is 1. The van der Waals surface area contributed by atoms with Gasteiger partial charge < -0.3 is 15.7 Å². The minimum Gasteiger partial charge on any atom is -0.508 e. The maximum absolute atomic E-state index is 13.0. The molecular formula is C20H23BrN2O2. The molecule has 0 bridgehead atoms. The second-order valence-electron chi connectivity index (χ2n) is 6.92. The highest BCUT2D eigenvalue weighted by Gasteiger charge is 2.29. The SMILES string of the molecule is Cc1cc(O)cc(Br)c1C[C@H](N)C(=O)N1CC(C)Cc2ccccc21. The summed E-state index contributed by atoms with van der Waals surface area (Å²) in [5, 5.41) is 9.67. The Balaban J connectivity index is 1.84. The first-order chi connectivity index (χ1) is 11.9. The van der Waals surface area contributed by atoms with Gasteiger partial charge in [0.1, 0.15) is 5.75 Å². The van der Waals surface area contributed by atoms with Gasteiger partial charge in [0.25, 0.3) is 0 Å². The number of anilines is 1. The number of halogens is 1. The molecule has 0 spiro atoms. The number of phenols is 1. The Morgan fingerprint density at radius 3 is 2.84 bits per heavy atom. The van der Waals surface area contributed by atoms with Crippen molar-refractivity contribution in [1.29, 1.82) is 0 Å². The highest BCUT2D eigenvalue weighted by Crippen LogP contribution is 2.31. The lowest BCUT2D eigenvalue weighted by molar-refractivity contribution is -0.120. The highest BCUT2D eigenvalue weighted by molar-refractivity contribution is 9.10. The second kappa shape index (κ2) is 7.18. The molecule has 3 rings (SSSR count). The lowest BCUT2D eigenvalue weighted by Crippen LogP contribution is -2.48. The number of aromatic hydroxyl groups is 1. The molecule has 1 unspecified atom stereocenters. The number of amides is 1. The average Bonchev–Trinajstić information content (AvgIpc) is 2.56. The Morgan fingerprint density at radius 2 is 2.12 bits per heavy atom. The molecule has 2 aromatic rings. The third-order valence-corrected chi connectivity index (χ3v) is 5.46. The van der Waals surface area contributed by atoms with Crippen molar-refractivity contribution in [3.05, 3.63) is 57.6 Å². The lowest BCUT2D eigenvalue weighted by atomic mass is 9.92. The number of phenolic OH excluding ortho intramolecular Hbond substituents is 1. The molecule has 2 aromatic carbocycles. The number of nitrogens with two attached hydrogens (primary N) is 1. The molecule has 1 aliphatic heterocycles. The van der Waals surface area contributed by atoms with Gasteiger partial charge in [0, 0.05) is 16.7 Å². The Kier molecular flexibility index (Phi) is 5.16. The van der Waals surface area contributed by atoms with Gasteiger partial charge >= 0.3 is 0 Å². The Hall–Kier alpha value is -1.85. The van der Waals surface area contributed by atoms with E-state index in [1.165, 1.54) is 5.56 Å². The van der Waals surface area contributed by atoms with Gasteiger partial charge in [-0.3, -0.25) is 4.79 Å². The smallest absolute Gasteiger partial charge is 0.244 e. The summed E-state index contributed by atoms with van der Waals surface area (Å²) in [7, 11) is 0. The fourth-order valence-electron chi connectivity index (χ4n) is 3.53. The van der Waals surface area contributed by atoms with E-state index in [0.29, 0.717) is 18.9 Å². The van der Waals surface area contributed by atoms with E-state index in [1.54, 1.807) is 12.1 Å². The van der Waals surface area contributed by atoms with Gasteiger partial charge in [-0.1, -0.05) is 41.1 Å². The van der Waals surface area contributed by atoms with Crippen LogP contribution in [-0.4, -0.2) is 23.6 Å². The average molecular weight is 403 g/mol. The highest BCUT2D eigenvalue weighted by atomic mass is 79.9. The molecule has 0 fully saturated rings. The zero-order valence-electron chi connectivity index (χ0n) is 14.5. The van der Waals surface area contributed by atoms with E-state index < -0.39 is 6.04 Å². The zero-order valence-corrected chi connectivity index (χ0v) is 16.1. The van der Waals surface area contributed by atoms with Crippen molar-refractivity contribution in [1.82, 2.24) is 0 Å². The number of hydrogen-bond donors (Lipinski definition) is 2. The molecule has 1 amide bonds. The number of nitrogens with zero attached hydrogens (tertiary/aromatic N) is 1. The van der Waals surface area contributed by atoms with E-state index >= 15 is 0 Å². The number of benzene rings is 2. The number of aryl methyl sites for hydroxylation is 1. The van der Waals surface area contributed by atoms with Crippen LogP contribution in [0.4, 0.5) is 5.69 Å². The number of rotatable bonds is 3. The summed E-state index contributed by atoms with van der Waals surface area (Å²) in [5.41, 5.74) is 10.3. The Bertz CT molecular complexity index is 783. The quantitative estimate of drug-likeness (QED) is 0.824. The third-order valence-electron chi connectivity index (χ3n) is 4.76. The second-order valence-corrected chi connectivity index (χ2v) is 7.77. The van der Waals surface area contributed by atoms with Crippen LogP contribution < -0.4 is 10.6 Å². The van der Waals surface area contributed by atoms with Gasteiger partial charge in [-0.15, -0.1) is 0 Å². The number of para-hydroxylation sites is 1. The summed E-state index contributed by atoms with van der Waals surface area (Å²) in [5.74, 6) is 0.554. The molecule has 2 atom stereocenters. The van der Waals surface area contributed by atoms with Crippen molar-refractivity contribution in [2.75, 3.05) is 11.4 Å². The van der Waals surface area contributed by atoms with Crippen LogP contribution in [0.2, 0.25) is 0 Å². The topological polar surface area (TPSA) is 66.6 Å². The van der Waals surface area contributed by atoms with Gasteiger partial charge in [0.05, 0.1) is 6.04 Å². The van der Waals surface area contributed by atoms with Crippen molar-refractivity contribution in [3.63, 3.8) is 0 Å². The molecule has 25 heavy (non-hydrogen) atoms. The fourth-order valence-corrected chi connectivity index (χ4v) is 4.24. The van der Waals surface area contributed by atoms with Crippen molar-refractivity contribution in [2.24, 2.45) is 11.7 Å². The first-order valence-electron chi connectivity index (χ1n) is 8.49. The normalized spacial score (nSPS) is 17.9. The summed E-state index contributed by atoms with van der Waals surface area (Å²) in [6, 6.07) is 10.7. The Labute approximate surface area is 156 Å². The van der Waals surface area contributed by atoms with Gasteiger partial charge in [-0.05, 0) is 60.6 Å². The summed E-state index contributed by atoms with van der Waals surface area (Å²) in [4.78, 5) is 14.9. The van der Waals surface area contributed by atoms with Crippen LogP contribution >= 0.6 is 15.9 Å². The van der Waals surface area contributed by atoms with Crippen molar-refractivity contribution >= 4 is 27.5 Å².